The normalized spacial score (nSPS) is 21.5. The average molecular weight is 497 g/mol. The summed E-state index contributed by atoms with van der Waals surface area (Å²) in [6.07, 6.45) is 0. The number of piperidine rings is 1. The van der Waals surface area contributed by atoms with Crippen molar-refractivity contribution in [2.75, 3.05) is 0 Å². The fourth-order valence-corrected chi connectivity index (χ4v) is 4.68. The van der Waals surface area contributed by atoms with Gasteiger partial charge in [-0.1, -0.05) is 41.1 Å². The van der Waals surface area contributed by atoms with Crippen molar-refractivity contribution >= 4 is 58.8 Å². The van der Waals surface area contributed by atoms with Gasteiger partial charge >= 0.3 is 5.92 Å². The van der Waals surface area contributed by atoms with Crippen molar-refractivity contribution in [3.05, 3.63) is 69.7 Å². The van der Waals surface area contributed by atoms with Crippen LogP contribution in [0.25, 0.3) is 0 Å². The number of benzene rings is 2. The first-order valence-corrected chi connectivity index (χ1v) is 11.4. The van der Waals surface area contributed by atoms with Gasteiger partial charge in [0.15, 0.2) is 0 Å². The van der Waals surface area contributed by atoms with E-state index >= 15 is 0 Å². The molecule has 1 saturated heterocycles. The van der Waals surface area contributed by atoms with Crippen LogP contribution >= 0.6 is 11.6 Å². The fraction of sp³-hybridized carbons (Fsp3) is 0.273. The largest absolute Gasteiger partial charge is 0.349 e. The van der Waals surface area contributed by atoms with Crippen LogP contribution < -0.4 is 10.6 Å². The van der Waals surface area contributed by atoms with Crippen molar-refractivity contribution in [3.8, 4) is 0 Å². The number of carbonyl (C=O) groups excluding carboxylic acids is 4. The summed E-state index contributed by atoms with van der Waals surface area (Å²) >= 11 is 5.73. The summed E-state index contributed by atoms with van der Waals surface area (Å²) in [5.41, 5.74) is 1.05. The average Bonchev–Trinajstić information content (AvgIpc) is 3.11. The second-order valence-corrected chi connectivity index (χ2v) is 9.92. The summed E-state index contributed by atoms with van der Waals surface area (Å²) in [4.78, 5) is 51.5. The van der Waals surface area contributed by atoms with E-state index in [9.17, 15) is 28.0 Å². The highest BCUT2D eigenvalue weighted by Gasteiger charge is 2.52. The molecule has 0 aromatic heterocycles. The molecule has 2 N–H and O–H groups in total. The molecule has 0 radical (unpaired) electrons. The zero-order valence-electron chi connectivity index (χ0n) is 19.3. The SMILES string of the molecule is BC1C(=O)NC(=O)C(N2Cc3cc(CNC(=O)C(F)(F)c4ccc(Cl)cc4)ccc3C2=O)C1(B)B. The molecule has 1 fully saturated rings. The zero-order chi connectivity index (χ0) is 25.7. The van der Waals surface area contributed by atoms with Gasteiger partial charge in [0.05, 0.1) is 0 Å². The van der Waals surface area contributed by atoms with Crippen LogP contribution in [0.2, 0.25) is 16.1 Å². The van der Waals surface area contributed by atoms with E-state index in [1.165, 1.54) is 17.0 Å². The molecule has 0 spiro atoms. The van der Waals surface area contributed by atoms with Crippen LogP contribution in [0.5, 0.6) is 0 Å². The number of carbonyl (C=O) groups is 4. The Morgan fingerprint density at radius 1 is 1.14 bits per heavy atom. The van der Waals surface area contributed by atoms with Crippen LogP contribution in [-0.2, 0) is 33.4 Å². The second kappa shape index (κ2) is 8.82. The molecule has 2 aromatic rings. The predicted octanol–water partition coefficient (Wildman–Crippen LogP) is -0.467. The Kier molecular flexibility index (Phi) is 6.29. The summed E-state index contributed by atoms with van der Waals surface area (Å²) in [5, 5.41) is 4.06. The molecule has 0 saturated carbocycles. The van der Waals surface area contributed by atoms with E-state index in [1.807, 2.05) is 0 Å². The summed E-state index contributed by atoms with van der Waals surface area (Å²) in [6, 6.07) is 8.67. The summed E-state index contributed by atoms with van der Waals surface area (Å²) in [7, 11) is 5.26. The monoisotopic (exact) mass is 497 g/mol. The smallest absolute Gasteiger partial charge is 0.346 e. The van der Waals surface area contributed by atoms with Crippen molar-refractivity contribution in [1.29, 1.82) is 0 Å². The van der Waals surface area contributed by atoms with Crippen molar-refractivity contribution in [2.45, 2.75) is 36.1 Å². The van der Waals surface area contributed by atoms with Crippen molar-refractivity contribution < 1.29 is 28.0 Å². The lowest BCUT2D eigenvalue weighted by molar-refractivity contribution is -0.147. The van der Waals surface area contributed by atoms with E-state index in [1.54, 1.807) is 41.7 Å². The Bertz CT molecular complexity index is 1240. The molecule has 4 amide bonds. The van der Waals surface area contributed by atoms with Gasteiger partial charge in [-0.2, -0.15) is 8.78 Å². The zero-order valence-corrected chi connectivity index (χ0v) is 20.1. The van der Waals surface area contributed by atoms with Crippen LogP contribution in [-0.4, -0.2) is 58.1 Å². The summed E-state index contributed by atoms with van der Waals surface area (Å²) < 4.78 is 29.0. The van der Waals surface area contributed by atoms with Gasteiger partial charge in [-0.3, -0.25) is 24.5 Å². The molecule has 178 valence electrons. The second-order valence-electron chi connectivity index (χ2n) is 9.49. The molecule has 2 unspecified atom stereocenters. The highest BCUT2D eigenvalue weighted by Crippen LogP contribution is 2.43. The minimum absolute atomic E-state index is 0.124. The molecule has 0 aliphatic carbocycles. The maximum Gasteiger partial charge on any atom is 0.349 e. The van der Waals surface area contributed by atoms with Crippen molar-refractivity contribution in [3.63, 3.8) is 0 Å². The molecular formula is C22H21B3ClF2N3O4. The first-order valence-electron chi connectivity index (χ1n) is 11.0. The molecule has 0 bridgehead atoms. The van der Waals surface area contributed by atoms with Crippen molar-refractivity contribution in [1.82, 2.24) is 15.5 Å². The molecule has 35 heavy (non-hydrogen) atoms. The number of nitrogens with zero attached hydrogens (tertiary/aromatic N) is 1. The van der Waals surface area contributed by atoms with E-state index in [2.05, 4.69) is 10.6 Å². The Labute approximate surface area is 208 Å². The van der Waals surface area contributed by atoms with E-state index < -0.39 is 40.4 Å². The van der Waals surface area contributed by atoms with Gasteiger partial charge in [0.1, 0.15) is 29.6 Å². The van der Waals surface area contributed by atoms with Gasteiger partial charge in [0.25, 0.3) is 11.8 Å². The molecule has 2 aliphatic rings. The highest BCUT2D eigenvalue weighted by atomic mass is 35.5. The molecule has 2 heterocycles. The van der Waals surface area contributed by atoms with E-state index in [4.69, 9.17) is 11.6 Å². The van der Waals surface area contributed by atoms with Crippen LogP contribution in [0.1, 0.15) is 27.0 Å². The molecule has 13 heteroatoms. The Morgan fingerprint density at radius 2 is 1.80 bits per heavy atom. The Balaban J connectivity index is 1.49. The quantitative estimate of drug-likeness (QED) is 0.432. The molecule has 7 nitrogen and oxygen atoms in total. The topological polar surface area (TPSA) is 95.6 Å². The number of halogens is 3. The van der Waals surface area contributed by atoms with Crippen LogP contribution in [0, 0.1) is 0 Å². The number of amides is 4. The number of fused-ring (bicyclic) bond motifs is 1. The minimum Gasteiger partial charge on any atom is -0.346 e. The maximum atomic E-state index is 14.5. The minimum atomic E-state index is -3.75. The van der Waals surface area contributed by atoms with Crippen LogP contribution in [0.15, 0.2) is 42.5 Å². The summed E-state index contributed by atoms with van der Waals surface area (Å²) in [6.45, 7) is -0.0518. The number of hydrogen-bond donors (Lipinski definition) is 2. The van der Waals surface area contributed by atoms with E-state index in [0.717, 1.165) is 12.1 Å². The lowest BCUT2D eigenvalue weighted by Crippen LogP contribution is -2.62. The molecule has 4 rings (SSSR count). The predicted molar refractivity (Wildman–Crippen MR) is 133 cm³/mol. The lowest BCUT2D eigenvalue weighted by Gasteiger charge is -2.46. The first kappa shape index (κ1) is 25.0. The fourth-order valence-electron chi connectivity index (χ4n) is 4.55. The highest BCUT2D eigenvalue weighted by molar-refractivity contribution is 6.50. The first-order chi connectivity index (χ1) is 16.3. The number of hydrogen-bond acceptors (Lipinski definition) is 4. The standard InChI is InChI=1S/C22H21B3ClF2N3O4/c23-15-17(32)30-18(33)16(21(15,24)25)31-9-11-7-10(1-6-14(11)19(31)34)8-29-20(35)22(27,28)12-2-4-13(26)5-3-12/h1-7,15-16H,8-9,23-25H2,(H,29,35)(H,30,32,33). The number of rotatable bonds is 5. The number of imide groups is 1. The van der Waals surface area contributed by atoms with Crippen LogP contribution in [0.4, 0.5) is 8.78 Å². The van der Waals surface area contributed by atoms with E-state index in [0.29, 0.717) is 16.7 Å². The van der Waals surface area contributed by atoms with Crippen molar-refractivity contribution in [2.24, 2.45) is 0 Å². The van der Waals surface area contributed by atoms with Gasteiger partial charge in [-0.05, 0) is 29.3 Å². The maximum absolute atomic E-state index is 14.5. The third-order valence-electron chi connectivity index (χ3n) is 6.97. The van der Waals surface area contributed by atoms with Gasteiger partial charge < -0.3 is 10.2 Å². The Morgan fingerprint density at radius 3 is 2.46 bits per heavy atom. The third-order valence-corrected chi connectivity index (χ3v) is 7.22. The summed E-state index contributed by atoms with van der Waals surface area (Å²) in [5.74, 6) is -6.96. The van der Waals surface area contributed by atoms with E-state index in [-0.39, 0.29) is 29.9 Å². The third kappa shape index (κ3) is 4.35. The van der Waals surface area contributed by atoms with Gasteiger partial charge in [-0.15, -0.1) is 0 Å². The number of alkyl halides is 2. The van der Waals surface area contributed by atoms with Gasteiger partial charge in [0.2, 0.25) is 11.8 Å². The molecule has 2 aliphatic heterocycles. The van der Waals surface area contributed by atoms with Crippen LogP contribution in [0.3, 0.4) is 0 Å². The molecule has 2 atom stereocenters. The van der Waals surface area contributed by atoms with Gasteiger partial charge in [0, 0.05) is 35.1 Å². The number of nitrogens with one attached hydrogen (secondary N) is 2. The molecular weight excluding hydrogens is 476 g/mol. The van der Waals surface area contributed by atoms with Gasteiger partial charge in [-0.25, -0.2) is 0 Å². The molecule has 2 aromatic carbocycles. The Hall–Kier alpha value is -3.14. The lowest BCUT2D eigenvalue weighted by atomic mass is 9.39.